The topological polar surface area (TPSA) is 49.4 Å². The van der Waals surface area contributed by atoms with Crippen molar-refractivity contribution in [3.05, 3.63) is 62.3 Å². The van der Waals surface area contributed by atoms with Gasteiger partial charge in [-0.25, -0.2) is 0 Å². The van der Waals surface area contributed by atoms with Crippen LogP contribution in [0.25, 0.3) is 6.08 Å². The molecule has 0 radical (unpaired) electrons. The van der Waals surface area contributed by atoms with E-state index in [1.165, 1.54) is 0 Å². The number of likely N-dealkylation sites (N-methyl/N-ethyl adjacent to an activating group) is 1. The number of hydrogen-bond donors (Lipinski definition) is 1. The average molecular weight is 393 g/mol. The number of hydrogen-bond acceptors (Lipinski definition) is 3. The van der Waals surface area contributed by atoms with Crippen LogP contribution in [0.3, 0.4) is 0 Å². The maximum atomic E-state index is 12.1. The predicted octanol–water partition coefficient (Wildman–Crippen LogP) is 3.54. The number of amides is 2. The van der Waals surface area contributed by atoms with Crippen molar-refractivity contribution in [2.45, 2.75) is 6.54 Å². The van der Waals surface area contributed by atoms with E-state index in [-0.39, 0.29) is 11.8 Å². The van der Waals surface area contributed by atoms with Crippen molar-refractivity contribution < 1.29 is 9.59 Å². The van der Waals surface area contributed by atoms with Crippen molar-refractivity contribution in [3.63, 3.8) is 0 Å². The fourth-order valence-electron chi connectivity index (χ4n) is 1.96. The van der Waals surface area contributed by atoms with E-state index in [1.807, 2.05) is 30.3 Å². The molecule has 0 bridgehead atoms. The SMILES string of the molecule is CNC(=O)c1ccc(CN(C)C(=O)/C=C/c2ccc(Br)s2)cc1. The van der Waals surface area contributed by atoms with Gasteiger partial charge in [-0.15, -0.1) is 11.3 Å². The molecule has 23 heavy (non-hydrogen) atoms. The van der Waals surface area contributed by atoms with Gasteiger partial charge in [-0.3, -0.25) is 9.59 Å². The van der Waals surface area contributed by atoms with Crippen LogP contribution in [-0.2, 0) is 11.3 Å². The molecule has 2 rings (SSSR count). The number of halogens is 1. The molecule has 1 aromatic heterocycles. The highest BCUT2D eigenvalue weighted by Gasteiger charge is 2.07. The van der Waals surface area contributed by atoms with Crippen molar-refractivity contribution in [3.8, 4) is 0 Å². The quantitative estimate of drug-likeness (QED) is 0.790. The summed E-state index contributed by atoms with van der Waals surface area (Å²) >= 11 is 4.97. The summed E-state index contributed by atoms with van der Waals surface area (Å²) in [5.41, 5.74) is 1.58. The molecule has 0 unspecified atom stereocenters. The normalized spacial score (nSPS) is 10.7. The lowest BCUT2D eigenvalue weighted by molar-refractivity contribution is -0.125. The molecular weight excluding hydrogens is 376 g/mol. The van der Waals surface area contributed by atoms with Crippen LogP contribution in [0, 0.1) is 0 Å². The van der Waals surface area contributed by atoms with Gasteiger partial charge in [0.1, 0.15) is 0 Å². The van der Waals surface area contributed by atoms with Crippen LogP contribution >= 0.6 is 27.3 Å². The Labute approximate surface area is 147 Å². The van der Waals surface area contributed by atoms with Gasteiger partial charge in [0, 0.05) is 37.2 Å². The summed E-state index contributed by atoms with van der Waals surface area (Å²) in [5.74, 6) is -0.184. The molecule has 120 valence electrons. The Morgan fingerprint density at radius 1 is 1.22 bits per heavy atom. The largest absolute Gasteiger partial charge is 0.355 e. The molecule has 0 aliphatic carbocycles. The van der Waals surface area contributed by atoms with Crippen LogP contribution in [-0.4, -0.2) is 30.8 Å². The Morgan fingerprint density at radius 3 is 2.48 bits per heavy atom. The summed E-state index contributed by atoms with van der Waals surface area (Å²) in [6, 6.07) is 11.1. The van der Waals surface area contributed by atoms with Gasteiger partial charge in [-0.05, 0) is 51.8 Å². The Kier molecular flexibility index (Phi) is 6.12. The first-order valence-electron chi connectivity index (χ1n) is 6.99. The van der Waals surface area contributed by atoms with E-state index in [9.17, 15) is 9.59 Å². The van der Waals surface area contributed by atoms with Gasteiger partial charge >= 0.3 is 0 Å². The molecule has 1 aromatic carbocycles. The Morgan fingerprint density at radius 2 is 1.91 bits per heavy atom. The fourth-order valence-corrected chi connectivity index (χ4v) is 3.28. The van der Waals surface area contributed by atoms with Crippen LogP contribution in [0.1, 0.15) is 20.8 Å². The Bertz CT molecular complexity index is 722. The number of thiophene rings is 1. The van der Waals surface area contributed by atoms with Crippen LogP contribution in [0.5, 0.6) is 0 Å². The Hall–Kier alpha value is -1.92. The van der Waals surface area contributed by atoms with Gasteiger partial charge in [0.25, 0.3) is 5.91 Å². The molecule has 1 heterocycles. The molecule has 2 amide bonds. The lowest BCUT2D eigenvalue weighted by atomic mass is 10.1. The second-order valence-corrected chi connectivity index (χ2v) is 7.44. The van der Waals surface area contributed by atoms with Crippen LogP contribution in [0.4, 0.5) is 0 Å². The zero-order valence-corrected chi connectivity index (χ0v) is 15.3. The van der Waals surface area contributed by atoms with Crippen molar-refractivity contribution in [1.29, 1.82) is 0 Å². The highest BCUT2D eigenvalue weighted by molar-refractivity contribution is 9.11. The van der Waals surface area contributed by atoms with Crippen LogP contribution < -0.4 is 5.32 Å². The average Bonchev–Trinajstić information content (AvgIpc) is 2.98. The summed E-state index contributed by atoms with van der Waals surface area (Å²) in [6.07, 6.45) is 3.38. The lowest BCUT2D eigenvalue weighted by Gasteiger charge is -2.15. The van der Waals surface area contributed by atoms with E-state index in [2.05, 4.69) is 21.2 Å². The summed E-state index contributed by atoms with van der Waals surface area (Å²) in [7, 11) is 3.35. The van der Waals surface area contributed by atoms with Crippen LogP contribution in [0.2, 0.25) is 0 Å². The van der Waals surface area contributed by atoms with Gasteiger partial charge in [0.05, 0.1) is 3.79 Å². The molecule has 0 saturated carbocycles. The maximum Gasteiger partial charge on any atom is 0.251 e. The predicted molar refractivity (Wildman–Crippen MR) is 97.4 cm³/mol. The molecule has 2 aromatic rings. The second-order valence-electron chi connectivity index (χ2n) is 4.95. The van der Waals surface area contributed by atoms with E-state index in [1.54, 1.807) is 48.5 Å². The van der Waals surface area contributed by atoms with Gasteiger partial charge in [0.2, 0.25) is 5.91 Å². The third-order valence-electron chi connectivity index (χ3n) is 3.22. The second kappa shape index (κ2) is 8.08. The molecule has 0 fully saturated rings. The highest BCUT2D eigenvalue weighted by atomic mass is 79.9. The van der Waals surface area contributed by atoms with Crippen LogP contribution in [0.15, 0.2) is 46.3 Å². The smallest absolute Gasteiger partial charge is 0.251 e. The number of carbonyl (C=O) groups is 2. The molecule has 0 aliphatic rings. The van der Waals surface area contributed by atoms with Gasteiger partial charge < -0.3 is 10.2 Å². The molecule has 1 N–H and O–H groups in total. The third-order valence-corrected chi connectivity index (χ3v) is 4.81. The zero-order chi connectivity index (χ0) is 16.8. The van der Waals surface area contributed by atoms with Crippen molar-refractivity contribution in [2.75, 3.05) is 14.1 Å². The van der Waals surface area contributed by atoms with Gasteiger partial charge in [0.15, 0.2) is 0 Å². The highest BCUT2D eigenvalue weighted by Crippen LogP contribution is 2.23. The first kappa shape index (κ1) is 17.4. The van der Waals surface area contributed by atoms with Gasteiger partial charge in [-0.2, -0.15) is 0 Å². The number of carbonyl (C=O) groups excluding carboxylic acids is 2. The number of nitrogens with one attached hydrogen (secondary N) is 1. The van der Waals surface area contributed by atoms with E-state index in [4.69, 9.17) is 0 Å². The molecule has 0 spiro atoms. The minimum absolute atomic E-state index is 0.0649. The van der Waals surface area contributed by atoms with E-state index in [0.29, 0.717) is 12.1 Å². The Balaban J connectivity index is 1.95. The summed E-state index contributed by atoms with van der Waals surface area (Å²) in [5, 5.41) is 2.58. The minimum Gasteiger partial charge on any atom is -0.355 e. The molecule has 0 atom stereocenters. The monoisotopic (exact) mass is 392 g/mol. The third kappa shape index (κ3) is 5.04. The zero-order valence-electron chi connectivity index (χ0n) is 12.9. The van der Waals surface area contributed by atoms with Crippen molar-refractivity contribution in [1.82, 2.24) is 10.2 Å². The van der Waals surface area contributed by atoms with E-state index >= 15 is 0 Å². The van der Waals surface area contributed by atoms with Crippen molar-refractivity contribution in [2.24, 2.45) is 0 Å². The molecule has 6 heteroatoms. The number of benzene rings is 1. The summed E-state index contributed by atoms with van der Waals surface area (Å²) in [6.45, 7) is 0.491. The first-order valence-corrected chi connectivity index (χ1v) is 8.60. The molecule has 4 nitrogen and oxygen atoms in total. The summed E-state index contributed by atoms with van der Waals surface area (Å²) in [4.78, 5) is 26.3. The first-order chi connectivity index (χ1) is 11.0. The fraction of sp³-hybridized carbons (Fsp3) is 0.176. The maximum absolute atomic E-state index is 12.1. The standard InChI is InChI=1S/C17H17BrN2O2S/c1-19-17(22)13-5-3-12(4-6-13)11-20(2)16(21)10-8-14-7-9-15(18)23-14/h3-10H,11H2,1-2H3,(H,19,22)/b10-8+. The minimum atomic E-state index is -0.119. The van der Waals surface area contributed by atoms with Gasteiger partial charge in [-0.1, -0.05) is 12.1 Å². The molecule has 0 saturated heterocycles. The summed E-state index contributed by atoms with van der Waals surface area (Å²) < 4.78 is 1.04. The molecular formula is C17H17BrN2O2S. The van der Waals surface area contributed by atoms with E-state index < -0.39 is 0 Å². The van der Waals surface area contributed by atoms with E-state index in [0.717, 1.165) is 14.2 Å². The number of rotatable bonds is 5. The number of nitrogens with zero attached hydrogens (tertiary/aromatic N) is 1. The lowest BCUT2D eigenvalue weighted by Crippen LogP contribution is -2.24. The van der Waals surface area contributed by atoms with Crippen molar-refractivity contribution >= 4 is 45.2 Å². The molecule has 0 aliphatic heterocycles.